The highest BCUT2D eigenvalue weighted by molar-refractivity contribution is 7.99. The van der Waals surface area contributed by atoms with Crippen LogP contribution in [-0.2, 0) is 17.8 Å². The minimum Gasteiger partial charge on any atom is -0.325 e. The number of hydrogen-bond acceptors (Lipinski definition) is 5. The van der Waals surface area contributed by atoms with Gasteiger partial charge in [0.1, 0.15) is 0 Å². The SMILES string of the molecule is CCc1ccc(NC(=O)CSc2nc3ncccc3c(=O)n2CC)cc1. The van der Waals surface area contributed by atoms with Crippen LogP contribution < -0.4 is 10.9 Å². The van der Waals surface area contributed by atoms with Gasteiger partial charge in [0.2, 0.25) is 5.91 Å². The van der Waals surface area contributed by atoms with Gasteiger partial charge in [-0.05, 0) is 43.2 Å². The lowest BCUT2D eigenvalue weighted by Crippen LogP contribution is -2.23. The zero-order valence-electron chi connectivity index (χ0n) is 14.7. The van der Waals surface area contributed by atoms with Crippen LogP contribution >= 0.6 is 11.8 Å². The Morgan fingerprint density at radius 2 is 1.96 bits per heavy atom. The molecule has 0 saturated carbocycles. The zero-order chi connectivity index (χ0) is 18.5. The average Bonchev–Trinajstić information content (AvgIpc) is 2.67. The van der Waals surface area contributed by atoms with E-state index < -0.39 is 0 Å². The molecule has 0 radical (unpaired) electrons. The van der Waals surface area contributed by atoms with E-state index >= 15 is 0 Å². The monoisotopic (exact) mass is 368 g/mol. The number of hydrogen-bond donors (Lipinski definition) is 1. The van der Waals surface area contributed by atoms with E-state index in [4.69, 9.17) is 0 Å². The Balaban J connectivity index is 1.74. The fraction of sp³-hybridized carbons (Fsp3) is 0.263. The van der Waals surface area contributed by atoms with Crippen molar-refractivity contribution < 1.29 is 4.79 Å². The number of aromatic nitrogens is 3. The molecule has 0 aliphatic rings. The lowest BCUT2D eigenvalue weighted by atomic mass is 10.1. The molecule has 134 valence electrons. The molecular formula is C19H20N4O2S. The predicted molar refractivity (Wildman–Crippen MR) is 105 cm³/mol. The molecule has 0 unspecified atom stereocenters. The first-order valence-corrected chi connectivity index (χ1v) is 9.48. The number of aryl methyl sites for hydroxylation is 1. The highest BCUT2D eigenvalue weighted by Gasteiger charge is 2.13. The van der Waals surface area contributed by atoms with Crippen LogP contribution in [0.5, 0.6) is 0 Å². The third-order valence-electron chi connectivity index (χ3n) is 3.99. The molecule has 0 saturated heterocycles. The Hall–Kier alpha value is -2.67. The Morgan fingerprint density at radius 1 is 1.19 bits per heavy atom. The number of anilines is 1. The summed E-state index contributed by atoms with van der Waals surface area (Å²) in [6.45, 7) is 4.45. The zero-order valence-corrected chi connectivity index (χ0v) is 15.5. The molecule has 2 heterocycles. The fourth-order valence-electron chi connectivity index (χ4n) is 2.58. The van der Waals surface area contributed by atoms with E-state index in [1.54, 1.807) is 22.9 Å². The number of pyridine rings is 1. The minimum atomic E-state index is -0.141. The number of thioether (sulfide) groups is 1. The third kappa shape index (κ3) is 3.94. The smallest absolute Gasteiger partial charge is 0.263 e. The summed E-state index contributed by atoms with van der Waals surface area (Å²) in [7, 11) is 0. The van der Waals surface area contributed by atoms with Gasteiger partial charge < -0.3 is 5.32 Å². The summed E-state index contributed by atoms with van der Waals surface area (Å²) in [6.07, 6.45) is 2.56. The summed E-state index contributed by atoms with van der Waals surface area (Å²) in [4.78, 5) is 33.4. The summed E-state index contributed by atoms with van der Waals surface area (Å²) in [5, 5.41) is 3.85. The molecule has 0 aliphatic heterocycles. The maximum absolute atomic E-state index is 12.5. The van der Waals surface area contributed by atoms with Gasteiger partial charge in [0.25, 0.3) is 5.56 Å². The summed E-state index contributed by atoms with van der Waals surface area (Å²) in [5.41, 5.74) is 2.25. The second kappa shape index (κ2) is 8.14. The van der Waals surface area contributed by atoms with Crippen molar-refractivity contribution in [3.63, 3.8) is 0 Å². The Bertz CT molecular complexity index is 983. The van der Waals surface area contributed by atoms with Crippen LogP contribution in [0.2, 0.25) is 0 Å². The van der Waals surface area contributed by atoms with Crippen LogP contribution in [0.3, 0.4) is 0 Å². The molecular weight excluding hydrogens is 348 g/mol. The molecule has 0 fully saturated rings. The van der Waals surface area contributed by atoms with E-state index in [0.29, 0.717) is 22.7 Å². The van der Waals surface area contributed by atoms with Crippen LogP contribution in [-0.4, -0.2) is 26.2 Å². The lowest BCUT2D eigenvalue weighted by molar-refractivity contribution is -0.113. The number of fused-ring (bicyclic) bond motifs is 1. The highest BCUT2D eigenvalue weighted by atomic mass is 32.2. The van der Waals surface area contributed by atoms with Crippen molar-refractivity contribution in [2.45, 2.75) is 32.0 Å². The Morgan fingerprint density at radius 3 is 2.65 bits per heavy atom. The van der Waals surface area contributed by atoms with Gasteiger partial charge in [-0.15, -0.1) is 0 Å². The average molecular weight is 368 g/mol. The van der Waals surface area contributed by atoms with E-state index in [2.05, 4.69) is 22.2 Å². The van der Waals surface area contributed by atoms with Crippen molar-refractivity contribution in [1.29, 1.82) is 0 Å². The number of rotatable bonds is 6. The molecule has 1 N–H and O–H groups in total. The van der Waals surface area contributed by atoms with Crippen molar-refractivity contribution in [3.8, 4) is 0 Å². The summed E-state index contributed by atoms with van der Waals surface area (Å²) < 4.78 is 1.57. The molecule has 7 heteroatoms. The van der Waals surface area contributed by atoms with Gasteiger partial charge in [-0.2, -0.15) is 0 Å². The largest absolute Gasteiger partial charge is 0.325 e. The maximum atomic E-state index is 12.5. The fourth-order valence-corrected chi connectivity index (χ4v) is 3.43. The van der Waals surface area contributed by atoms with Gasteiger partial charge in [-0.25, -0.2) is 9.97 Å². The van der Waals surface area contributed by atoms with E-state index in [-0.39, 0.29) is 17.2 Å². The van der Waals surface area contributed by atoms with Crippen molar-refractivity contribution in [1.82, 2.24) is 14.5 Å². The summed E-state index contributed by atoms with van der Waals surface area (Å²) >= 11 is 1.24. The van der Waals surface area contributed by atoms with Crippen molar-refractivity contribution in [3.05, 3.63) is 58.5 Å². The molecule has 0 aliphatic carbocycles. The number of nitrogens with one attached hydrogen (secondary N) is 1. The first-order chi connectivity index (χ1) is 12.6. The van der Waals surface area contributed by atoms with Crippen molar-refractivity contribution in [2.75, 3.05) is 11.1 Å². The maximum Gasteiger partial charge on any atom is 0.263 e. The predicted octanol–water partition coefficient (Wildman–Crippen LogP) is 3.10. The minimum absolute atomic E-state index is 0.135. The molecule has 0 atom stereocenters. The van der Waals surface area contributed by atoms with Crippen LogP contribution in [0.25, 0.3) is 11.0 Å². The third-order valence-corrected chi connectivity index (χ3v) is 4.97. The number of amides is 1. The van der Waals surface area contributed by atoms with Crippen molar-refractivity contribution in [2.24, 2.45) is 0 Å². The molecule has 0 bridgehead atoms. The first-order valence-electron chi connectivity index (χ1n) is 8.49. The van der Waals surface area contributed by atoms with Crippen LogP contribution in [0.15, 0.2) is 52.5 Å². The van der Waals surface area contributed by atoms with E-state index in [1.807, 2.05) is 31.2 Å². The number of carbonyl (C=O) groups excluding carboxylic acids is 1. The van der Waals surface area contributed by atoms with E-state index in [1.165, 1.54) is 17.3 Å². The van der Waals surface area contributed by atoms with E-state index in [0.717, 1.165) is 12.1 Å². The topological polar surface area (TPSA) is 76.9 Å². The van der Waals surface area contributed by atoms with Crippen LogP contribution in [0.1, 0.15) is 19.4 Å². The number of benzene rings is 1. The molecule has 0 spiro atoms. The molecule has 1 amide bonds. The van der Waals surface area contributed by atoms with E-state index in [9.17, 15) is 9.59 Å². The molecule has 1 aromatic carbocycles. The number of carbonyl (C=O) groups is 1. The second-order valence-electron chi connectivity index (χ2n) is 5.71. The molecule has 3 rings (SSSR count). The van der Waals surface area contributed by atoms with Gasteiger partial charge >= 0.3 is 0 Å². The molecule has 2 aromatic heterocycles. The molecule has 3 aromatic rings. The van der Waals surface area contributed by atoms with Gasteiger partial charge in [-0.1, -0.05) is 30.8 Å². The van der Waals surface area contributed by atoms with Gasteiger partial charge in [0.05, 0.1) is 11.1 Å². The quantitative estimate of drug-likeness (QED) is 0.534. The molecule has 6 nitrogen and oxygen atoms in total. The lowest BCUT2D eigenvalue weighted by Gasteiger charge is -2.11. The van der Waals surface area contributed by atoms with Gasteiger partial charge in [-0.3, -0.25) is 14.2 Å². The highest BCUT2D eigenvalue weighted by Crippen LogP contribution is 2.17. The summed E-state index contributed by atoms with van der Waals surface area (Å²) in [5.74, 6) is 0.0256. The Labute approximate surface area is 155 Å². The molecule has 26 heavy (non-hydrogen) atoms. The second-order valence-corrected chi connectivity index (χ2v) is 6.65. The van der Waals surface area contributed by atoms with Gasteiger partial charge in [0, 0.05) is 18.4 Å². The Kier molecular flexibility index (Phi) is 5.68. The normalized spacial score (nSPS) is 10.8. The van der Waals surface area contributed by atoms with Gasteiger partial charge in [0.15, 0.2) is 10.8 Å². The standard InChI is InChI=1S/C19H20N4O2S/c1-3-13-7-9-14(10-8-13)21-16(24)12-26-19-22-17-15(6-5-11-20-17)18(25)23(19)4-2/h5-11H,3-4,12H2,1-2H3,(H,21,24). The van der Waals surface area contributed by atoms with Crippen LogP contribution in [0.4, 0.5) is 5.69 Å². The van der Waals surface area contributed by atoms with Crippen molar-refractivity contribution >= 4 is 34.4 Å². The first kappa shape index (κ1) is 18.1. The summed E-state index contributed by atoms with van der Waals surface area (Å²) in [6, 6.07) is 11.2. The van der Waals surface area contributed by atoms with Crippen LogP contribution in [0, 0.1) is 0 Å². The number of nitrogens with zero attached hydrogens (tertiary/aromatic N) is 3.